The SMILES string of the molecule is CCC(CC1CC1)NS(=O)(=O)c1cnc(Cl)s1. The minimum Gasteiger partial charge on any atom is -0.232 e. The van der Waals surface area contributed by atoms with Crippen LogP contribution in [0.3, 0.4) is 0 Å². The van der Waals surface area contributed by atoms with Crippen molar-refractivity contribution in [1.82, 2.24) is 9.71 Å². The van der Waals surface area contributed by atoms with Gasteiger partial charge in [0.25, 0.3) is 10.0 Å². The molecule has 1 saturated carbocycles. The first kappa shape index (κ1) is 13.3. The van der Waals surface area contributed by atoms with E-state index >= 15 is 0 Å². The zero-order valence-electron chi connectivity index (χ0n) is 9.52. The molecule has 1 atom stereocenters. The molecule has 1 heterocycles. The highest BCUT2D eigenvalue weighted by Gasteiger charge is 2.28. The zero-order chi connectivity index (χ0) is 12.5. The Morgan fingerprint density at radius 2 is 2.35 bits per heavy atom. The molecule has 1 unspecified atom stereocenters. The van der Waals surface area contributed by atoms with Crippen molar-refractivity contribution in [2.45, 2.75) is 42.9 Å². The number of nitrogens with zero attached hydrogens (tertiary/aromatic N) is 1. The fourth-order valence-electron chi connectivity index (χ4n) is 1.69. The third-order valence-corrected chi connectivity index (χ3v) is 5.95. The Hall–Kier alpha value is -0.170. The van der Waals surface area contributed by atoms with E-state index in [1.54, 1.807) is 0 Å². The van der Waals surface area contributed by atoms with Gasteiger partial charge in [-0.25, -0.2) is 18.1 Å². The van der Waals surface area contributed by atoms with Crippen molar-refractivity contribution in [3.05, 3.63) is 10.7 Å². The van der Waals surface area contributed by atoms with Crippen LogP contribution in [-0.2, 0) is 10.0 Å². The van der Waals surface area contributed by atoms with Gasteiger partial charge in [-0.15, -0.1) is 0 Å². The largest absolute Gasteiger partial charge is 0.251 e. The normalized spacial score (nSPS) is 18.2. The second kappa shape index (κ2) is 5.22. The summed E-state index contributed by atoms with van der Waals surface area (Å²) in [5.41, 5.74) is 0. The van der Waals surface area contributed by atoms with Crippen molar-refractivity contribution in [3.63, 3.8) is 0 Å². The number of hydrogen-bond donors (Lipinski definition) is 1. The molecule has 2 rings (SSSR count). The van der Waals surface area contributed by atoms with Gasteiger partial charge in [-0.05, 0) is 18.8 Å². The molecule has 0 aliphatic heterocycles. The Labute approximate surface area is 110 Å². The van der Waals surface area contributed by atoms with Crippen LogP contribution in [-0.4, -0.2) is 19.4 Å². The summed E-state index contributed by atoms with van der Waals surface area (Å²) in [7, 11) is -3.45. The quantitative estimate of drug-likeness (QED) is 0.877. The highest BCUT2D eigenvalue weighted by atomic mass is 35.5. The van der Waals surface area contributed by atoms with Crippen LogP contribution in [0.2, 0.25) is 4.47 Å². The first-order valence-corrected chi connectivity index (χ1v) is 8.32. The van der Waals surface area contributed by atoms with Crippen LogP contribution in [0.15, 0.2) is 10.4 Å². The molecule has 1 N–H and O–H groups in total. The summed E-state index contributed by atoms with van der Waals surface area (Å²) in [5, 5.41) is 0. The Morgan fingerprint density at radius 3 is 2.82 bits per heavy atom. The second-order valence-electron chi connectivity index (χ2n) is 4.34. The van der Waals surface area contributed by atoms with Gasteiger partial charge in [-0.3, -0.25) is 0 Å². The fourth-order valence-corrected chi connectivity index (χ4v) is 4.34. The lowest BCUT2D eigenvalue weighted by atomic mass is 10.1. The van der Waals surface area contributed by atoms with Crippen LogP contribution < -0.4 is 4.72 Å². The number of hydrogen-bond acceptors (Lipinski definition) is 4. The number of rotatable bonds is 6. The van der Waals surface area contributed by atoms with E-state index in [-0.39, 0.29) is 14.7 Å². The zero-order valence-corrected chi connectivity index (χ0v) is 11.9. The molecule has 1 aromatic heterocycles. The van der Waals surface area contributed by atoms with Gasteiger partial charge < -0.3 is 0 Å². The van der Waals surface area contributed by atoms with Gasteiger partial charge in [0.05, 0.1) is 6.20 Å². The van der Waals surface area contributed by atoms with E-state index in [1.807, 2.05) is 6.92 Å². The Morgan fingerprint density at radius 1 is 1.65 bits per heavy atom. The first-order valence-electron chi connectivity index (χ1n) is 5.65. The van der Waals surface area contributed by atoms with Gasteiger partial charge in [0.1, 0.15) is 0 Å². The van der Waals surface area contributed by atoms with Crippen molar-refractivity contribution < 1.29 is 8.42 Å². The van der Waals surface area contributed by atoms with E-state index in [2.05, 4.69) is 9.71 Å². The summed E-state index contributed by atoms with van der Waals surface area (Å²) in [5.74, 6) is 0.702. The average Bonchev–Trinajstić information content (AvgIpc) is 2.96. The van der Waals surface area contributed by atoms with E-state index < -0.39 is 10.0 Å². The van der Waals surface area contributed by atoms with Gasteiger partial charge in [0.15, 0.2) is 8.68 Å². The fraction of sp³-hybridized carbons (Fsp3) is 0.700. The molecule has 96 valence electrons. The molecule has 1 fully saturated rings. The van der Waals surface area contributed by atoms with Crippen LogP contribution in [0.5, 0.6) is 0 Å². The van der Waals surface area contributed by atoms with Crippen molar-refractivity contribution in [1.29, 1.82) is 0 Å². The number of nitrogens with one attached hydrogen (secondary N) is 1. The van der Waals surface area contributed by atoms with E-state index in [9.17, 15) is 8.42 Å². The molecule has 0 radical (unpaired) electrons. The van der Waals surface area contributed by atoms with Crippen molar-refractivity contribution >= 4 is 33.0 Å². The molecule has 7 heteroatoms. The molecule has 1 aliphatic rings. The highest BCUT2D eigenvalue weighted by Crippen LogP contribution is 2.34. The van der Waals surface area contributed by atoms with Crippen LogP contribution in [0, 0.1) is 5.92 Å². The summed E-state index contributed by atoms with van der Waals surface area (Å²) >= 11 is 6.63. The van der Waals surface area contributed by atoms with E-state index in [0.29, 0.717) is 5.92 Å². The monoisotopic (exact) mass is 294 g/mol. The molecule has 1 aromatic rings. The van der Waals surface area contributed by atoms with Crippen LogP contribution in [0.4, 0.5) is 0 Å². The predicted molar refractivity (Wildman–Crippen MR) is 68.9 cm³/mol. The van der Waals surface area contributed by atoms with E-state index in [0.717, 1.165) is 24.2 Å². The maximum Gasteiger partial charge on any atom is 0.251 e. The van der Waals surface area contributed by atoms with Crippen LogP contribution in [0.1, 0.15) is 32.6 Å². The molecule has 0 aromatic carbocycles. The summed E-state index contributed by atoms with van der Waals surface area (Å²) in [6.45, 7) is 2.00. The molecule has 17 heavy (non-hydrogen) atoms. The third-order valence-electron chi connectivity index (χ3n) is 2.85. The maximum absolute atomic E-state index is 12.0. The summed E-state index contributed by atoms with van der Waals surface area (Å²) in [6.07, 6.45) is 5.50. The van der Waals surface area contributed by atoms with Gasteiger partial charge in [0, 0.05) is 6.04 Å². The molecular weight excluding hydrogens is 280 g/mol. The molecule has 0 saturated heterocycles. The lowest BCUT2D eigenvalue weighted by Gasteiger charge is -2.15. The smallest absolute Gasteiger partial charge is 0.232 e. The maximum atomic E-state index is 12.0. The lowest BCUT2D eigenvalue weighted by Crippen LogP contribution is -2.34. The highest BCUT2D eigenvalue weighted by molar-refractivity contribution is 7.91. The average molecular weight is 295 g/mol. The molecule has 1 aliphatic carbocycles. The first-order chi connectivity index (χ1) is 8.01. The Kier molecular flexibility index (Phi) is 4.07. The Balaban J connectivity index is 2.04. The van der Waals surface area contributed by atoms with Crippen molar-refractivity contribution in [2.75, 3.05) is 0 Å². The number of sulfonamides is 1. The predicted octanol–water partition coefficient (Wildman–Crippen LogP) is 2.65. The van der Waals surface area contributed by atoms with Gasteiger partial charge in [0.2, 0.25) is 0 Å². The van der Waals surface area contributed by atoms with Crippen LogP contribution >= 0.6 is 22.9 Å². The van der Waals surface area contributed by atoms with Gasteiger partial charge in [-0.2, -0.15) is 0 Å². The summed E-state index contributed by atoms with van der Waals surface area (Å²) in [4.78, 5) is 3.75. The van der Waals surface area contributed by atoms with Crippen molar-refractivity contribution in [2.24, 2.45) is 5.92 Å². The summed E-state index contributed by atoms with van der Waals surface area (Å²) < 4.78 is 27.2. The van der Waals surface area contributed by atoms with Gasteiger partial charge in [-0.1, -0.05) is 42.7 Å². The van der Waals surface area contributed by atoms with E-state index in [1.165, 1.54) is 19.0 Å². The third kappa shape index (κ3) is 3.64. The van der Waals surface area contributed by atoms with Gasteiger partial charge >= 0.3 is 0 Å². The van der Waals surface area contributed by atoms with Crippen LogP contribution in [0.25, 0.3) is 0 Å². The number of halogens is 1. The molecular formula is C10H15ClN2O2S2. The Bertz CT molecular complexity index is 482. The topological polar surface area (TPSA) is 59.1 Å². The minimum absolute atomic E-state index is 0.0216. The molecule has 4 nitrogen and oxygen atoms in total. The molecule has 0 amide bonds. The molecule has 0 bridgehead atoms. The second-order valence-corrected chi connectivity index (χ2v) is 7.89. The minimum atomic E-state index is -3.45. The number of thiazole rings is 1. The standard InChI is InChI=1S/C10H15ClN2O2S2/c1-2-8(5-7-3-4-7)13-17(14,15)9-6-12-10(11)16-9/h6-8,13H,2-5H2,1H3. The number of aromatic nitrogens is 1. The molecule has 0 spiro atoms. The lowest BCUT2D eigenvalue weighted by molar-refractivity contribution is 0.496. The summed E-state index contributed by atoms with van der Waals surface area (Å²) in [6, 6.07) is 0.0216. The van der Waals surface area contributed by atoms with E-state index in [4.69, 9.17) is 11.6 Å². The van der Waals surface area contributed by atoms with Crippen molar-refractivity contribution in [3.8, 4) is 0 Å².